The maximum atomic E-state index is 12.1. The Bertz CT molecular complexity index is 230. The molecule has 0 aromatic carbocycles. The average molecular weight is 249 g/mol. The van der Waals surface area contributed by atoms with E-state index in [2.05, 4.69) is 0 Å². The summed E-state index contributed by atoms with van der Waals surface area (Å²) < 4.78 is 5.12. The van der Waals surface area contributed by atoms with E-state index in [4.69, 9.17) is 10.5 Å². The monoisotopic (exact) mass is 248 g/mol. The third-order valence-electron chi connectivity index (χ3n) is 3.72. The fourth-order valence-corrected chi connectivity index (χ4v) is 2.94. The molecule has 2 bridgehead atoms. The van der Waals surface area contributed by atoms with Crippen LogP contribution in [0.25, 0.3) is 0 Å². The molecular formula is C11H21ClN2O2. The molecule has 0 saturated carbocycles. The zero-order valence-corrected chi connectivity index (χ0v) is 10.5. The van der Waals surface area contributed by atoms with Crippen molar-refractivity contribution in [3.8, 4) is 0 Å². The van der Waals surface area contributed by atoms with Gasteiger partial charge in [0.15, 0.2) is 0 Å². The molecule has 2 N–H and O–H groups in total. The first-order valence-corrected chi connectivity index (χ1v) is 5.83. The molecule has 0 radical (unpaired) electrons. The lowest BCUT2D eigenvalue weighted by Gasteiger charge is -2.36. The van der Waals surface area contributed by atoms with Crippen LogP contribution in [0.4, 0.5) is 0 Å². The number of piperidine rings is 1. The van der Waals surface area contributed by atoms with Crippen LogP contribution >= 0.6 is 12.4 Å². The van der Waals surface area contributed by atoms with Gasteiger partial charge in [-0.3, -0.25) is 4.79 Å². The van der Waals surface area contributed by atoms with Gasteiger partial charge in [-0.15, -0.1) is 12.4 Å². The second-order valence-electron chi connectivity index (χ2n) is 4.52. The summed E-state index contributed by atoms with van der Waals surface area (Å²) in [6.07, 6.45) is 5.46. The maximum absolute atomic E-state index is 12.1. The Morgan fingerprint density at radius 2 is 1.94 bits per heavy atom. The quantitative estimate of drug-likeness (QED) is 0.808. The minimum Gasteiger partial charge on any atom is -0.370 e. The number of hydrogen-bond donors (Lipinski definition) is 1. The first-order valence-electron chi connectivity index (χ1n) is 5.83. The number of ether oxygens (including phenoxy) is 1. The summed E-state index contributed by atoms with van der Waals surface area (Å²) in [5.74, 6) is 0.104. The molecule has 2 saturated heterocycles. The van der Waals surface area contributed by atoms with E-state index in [1.807, 2.05) is 4.90 Å². The van der Waals surface area contributed by atoms with Gasteiger partial charge in [-0.2, -0.15) is 0 Å². The molecule has 0 spiro atoms. The van der Waals surface area contributed by atoms with E-state index < -0.39 is 6.10 Å². The molecule has 5 heteroatoms. The minimum absolute atomic E-state index is 0. The lowest BCUT2D eigenvalue weighted by molar-refractivity contribution is -0.145. The zero-order valence-electron chi connectivity index (χ0n) is 9.72. The number of carbonyl (C=O) groups excluding carboxylic acids is 1. The number of halogens is 1. The van der Waals surface area contributed by atoms with Crippen molar-refractivity contribution in [3.63, 3.8) is 0 Å². The standard InChI is InChI=1S/C11H20N2O2.ClH/c1-15-10(7-12)11(14)13-8-3-2-4-9(13)6-5-8;/h8-10H,2-7,12H2,1H3;1H. The Morgan fingerprint density at radius 1 is 1.38 bits per heavy atom. The number of amides is 1. The number of nitrogens with zero attached hydrogens (tertiary/aromatic N) is 1. The van der Waals surface area contributed by atoms with E-state index in [0.29, 0.717) is 12.1 Å². The number of fused-ring (bicyclic) bond motifs is 2. The predicted molar refractivity (Wildman–Crippen MR) is 64.6 cm³/mol. The van der Waals surface area contributed by atoms with E-state index in [-0.39, 0.29) is 24.9 Å². The van der Waals surface area contributed by atoms with Crippen LogP contribution in [0.2, 0.25) is 0 Å². The number of rotatable bonds is 3. The first kappa shape index (κ1) is 13.7. The molecule has 94 valence electrons. The third-order valence-corrected chi connectivity index (χ3v) is 3.72. The van der Waals surface area contributed by atoms with Gasteiger partial charge in [0.1, 0.15) is 6.10 Å². The van der Waals surface area contributed by atoms with Gasteiger partial charge in [0.05, 0.1) is 0 Å². The van der Waals surface area contributed by atoms with Crippen LogP contribution in [0, 0.1) is 0 Å². The van der Waals surface area contributed by atoms with Crippen molar-refractivity contribution in [3.05, 3.63) is 0 Å². The SMILES string of the molecule is COC(CN)C(=O)N1C2CCCC1CC2.Cl. The molecule has 0 aromatic rings. The number of hydrogen-bond acceptors (Lipinski definition) is 3. The van der Waals surface area contributed by atoms with Gasteiger partial charge in [0.25, 0.3) is 5.91 Å². The highest BCUT2D eigenvalue weighted by Crippen LogP contribution is 2.35. The fraction of sp³-hybridized carbons (Fsp3) is 0.909. The summed E-state index contributed by atoms with van der Waals surface area (Å²) in [6, 6.07) is 0.917. The van der Waals surface area contributed by atoms with Gasteiger partial charge < -0.3 is 15.4 Å². The predicted octanol–water partition coefficient (Wildman–Crippen LogP) is 0.925. The Kier molecular flexibility index (Phi) is 5.02. The summed E-state index contributed by atoms with van der Waals surface area (Å²) in [6.45, 7) is 0.283. The minimum atomic E-state index is -0.439. The summed E-state index contributed by atoms with van der Waals surface area (Å²) in [5, 5.41) is 0. The van der Waals surface area contributed by atoms with E-state index in [0.717, 1.165) is 25.7 Å². The molecule has 0 aliphatic carbocycles. The molecule has 3 atom stereocenters. The molecule has 2 aliphatic heterocycles. The molecule has 3 unspecified atom stereocenters. The lowest BCUT2D eigenvalue weighted by atomic mass is 10.0. The summed E-state index contributed by atoms with van der Waals surface area (Å²) in [5.41, 5.74) is 5.53. The van der Waals surface area contributed by atoms with Crippen molar-refractivity contribution in [2.75, 3.05) is 13.7 Å². The van der Waals surface area contributed by atoms with Crippen LogP contribution in [0.5, 0.6) is 0 Å². The number of nitrogens with two attached hydrogens (primary N) is 1. The largest absolute Gasteiger partial charge is 0.370 e. The van der Waals surface area contributed by atoms with Crippen molar-refractivity contribution in [2.24, 2.45) is 5.73 Å². The highest BCUT2D eigenvalue weighted by molar-refractivity contribution is 5.85. The molecule has 2 rings (SSSR count). The molecule has 2 fully saturated rings. The zero-order chi connectivity index (χ0) is 10.8. The molecule has 2 aliphatic rings. The van der Waals surface area contributed by atoms with Gasteiger partial charge in [-0.05, 0) is 32.1 Å². The van der Waals surface area contributed by atoms with Crippen LogP contribution < -0.4 is 5.73 Å². The molecular weight excluding hydrogens is 228 g/mol. The topological polar surface area (TPSA) is 55.6 Å². The Balaban J connectivity index is 0.00000128. The third kappa shape index (κ3) is 2.34. The summed E-state index contributed by atoms with van der Waals surface area (Å²) in [4.78, 5) is 14.2. The van der Waals surface area contributed by atoms with Gasteiger partial charge in [0.2, 0.25) is 0 Å². The molecule has 1 amide bonds. The molecule has 4 nitrogen and oxygen atoms in total. The average Bonchev–Trinajstić information content (AvgIpc) is 2.50. The highest BCUT2D eigenvalue weighted by Gasteiger charge is 2.41. The van der Waals surface area contributed by atoms with Crippen LogP contribution in [0.15, 0.2) is 0 Å². The van der Waals surface area contributed by atoms with Crippen molar-refractivity contribution >= 4 is 18.3 Å². The number of methoxy groups -OCH3 is 1. The fourth-order valence-electron chi connectivity index (χ4n) is 2.94. The van der Waals surface area contributed by atoms with Crippen molar-refractivity contribution in [1.82, 2.24) is 4.90 Å². The van der Waals surface area contributed by atoms with E-state index >= 15 is 0 Å². The van der Waals surface area contributed by atoms with E-state index in [9.17, 15) is 4.79 Å². The first-order chi connectivity index (χ1) is 7.27. The van der Waals surface area contributed by atoms with Crippen molar-refractivity contribution < 1.29 is 9.53 Å². The molecule has 16 heavy (non-hydrogen) atoms. The smallest absolute Gasteiger partial charge is 0.253 e. The van der Waals surface area contributed by atoms with Gasteiger partial charge in [-0.1, -0.05) is 0 Å². The van der Waals surface area contributed by atoms with Gasteiger partial charge in [-0.25, -0.2) is 0 Å². The maximum Gasteiger partial charge on any atom is 0.253 e. The molecule has 2 heterocycles. The van der Waals surface area contributed by atoms with Crippen molar-refractivity contribution in [2.45, 2.75) is 50.3 Å². The van der Waals surface area contributed by atoms with Gasteiger partial charge >= 0.3 is 0 Å². The summed E-state index contributed by atoms with van der Waals surface area (Å²) in [7, 11) is 1.56. The van der Waals surface area contributed by atoms with E-state index in [1.165, 1.54) is 6.42 Å². The lowest BCUT2D eigenvalue weighted by Crippen LogP contribution is -2.50. The van der Waals surface area contributed by atoms with Crippen LogP contribution in [0.1, 0.15) is 32.1 Å². The Morgan fingerprint density at radius 3 is 2.38 bits per heavy atom. The van der Waals surface area contributed by atoms with Crippen LogP contribution in [-0.4, -0.2) is 42.6 Å². The normalized spacial score (nSPS) is 29.8. The Hall–Kier alpha value is -0.320. The summed E-state index contributed by atoms with van der Waals surface area (Å²) >= 11 is 0. The highest BCUT2D eigenvalue weighted by atomic mass is 35.5. The van der Waals surface area contributed by atoms with Crippen LogP contribution in [-0.2, 0) is 9.53 Å². The van der Waals surface area contributed by atoms with Gasteiger partial charge in [0, 0.05) is 25.7 Å². The second-order valence-corrected chi connectivity index (χ2v) is 4.52. The van der Waals surface area contributed by atoms with E-state index in [1.54, 1.807) is 7.11 Å². The second kappa shape index (κ2) is 5.84. The van der Waals surface area contributed by atoms with Crippen LogP contribution in [0.3, 0.4) is 0 Å². The van der Waals surface area contributed by atoms with Crippen molar-refractivity contribution in [1.29, 1.82) is 0 Å². The number of carbonyl (C=O) groups is 1. The molecule has 0 aromatic heterocycles. The Labute approximate surface area is 103 Å².